The first-order valence-corrected chi connectivity index (χ1v) is 9.62. The third-order valence-corrected chi connectivity index (χ3v) is 4.57. The van der Waals surface area contributed by atoms with E-state index < -0.39 is 23.9 Å². The molecule has 0 aliphatic heterocycles. The van der Waals surface area contributed by atoms with E-state index in [2.05, 4.69) is 20.6 Å². The smallest absolute Gasteiger partial charge is 0.326 e. The van der Waals surface area contributed by atoms with E-state index in [9.17, 15) is 19.2 Å². The largest absolute Gasteiger partial charge is 0.481 e. The zero-order valence-electron chi connectivity index (χ0n) is 17.0. The fourth-order valence-electron chi connectivity index (χ4n) is 2.93. The van der Waals surface area contributed by atoms with Crippen molar-refractivity contribution in [2.45, 2.75) is 38.6 Å². The topological polar surface area (TPSA) is 187 Å². The molecule has 11 heteroatoms. The zero-order valence-corrected chi connectivity index (χ0v) is 17.0. The number of rotatable bonds is 11. The van der Waals surface area contributed by atoms with E-state index in [0.717, 1.165) is 5.69 Å². The van der Waals surface area contributed by atoms with E-state index in [1.54, 1.807) is 19.1 Å². The van der Waals surface area contributed by atoms with Gasteiger partial charge in [-0.3, -0.25) is 19.4 Å². The van der Waals surface area contributed by atoms with Crippen LogP contribution < -0.4 is 21.9 Å². The monoisotopic (exact) mass is 431 g/mol. The lowest BCUT2D eigenvalue weighted by Crippen LogP contribution is -2.41. The maximum absolute atomic E-state index is 12.2. The maximum Gasteiger partial charge on any atom is 0.326 e. The molecule has 1 aromatic heterocycles. The quantitative estimate of drug-likeness (QED) is 0.279. The molecule has 166 valence electrons. The number of nitrogens with one attached hydrogen (secondary N) is 3. The number of aromatic amines is 1. The van der Waals surface area contributed by atoms with Crippen LogP contribution in [0.4, 0.5) is 11.6 Å². The van der Waals surface area contributed by atoms with Gasteiger partial charge in [0.15, 0.2) is 0 Å². The third kappa shape index (κ3) is 7.14. The Morgan fingerprint density at radius 1 is 1.19 bits per heavy atom. The van der Waals surface area contributed by atoms with Gasteiger partial charge >= 0.3 is 11.9 Å². The van der Waals surface area contributed by atoms with Crippen molar-refractivity contribution < 1.29 is 24.6 Å². The molecule has 0 radical (unpaired) electrons. The minimum Gasteiger partial charge on any atom is -0.481 e. The fourth-order valence-corrected chi connectivity index (χ4v) is 2.93. The summed E-state index contributed by atoms with van der Waals surface area (Å²) in [6.07, 6.45) is 0.621. The van der Waals surface area contributed by atoms with Gasteiger partial charge in [-0.05, 0) is 50.5 Å². The van der Waals surface area contributed by atoms with E-state index in [0.29, 0.717) is 30.6 Å². The third-order valence-electron chi connectivity index (χ3n) is 4.57. The lowest BCUT2D eigenvalue weighted by Gasteiger charge is -2.14. The molecule has 1 amide bonds. The molecule has 0 saturated carbocycles. The normalized spacial score (nSPS) is 11.5. The van der Waals surface area contributed by atoms with Gasteiger partial charge in [-0.2, -0.15) is 0 Å². The van der Waals surface area contributed by atoms with Crippen LogP contribution in [0.5, 0.6) is 0 Å². The average Bonchev–Trinajstić information content (AvgIpc) is 2.69. The van der Waals surface area contributed by atoms with Crippen LogP contribution in [-0.2, 0) is 16.0 Å². The van der Waals surface area contributed by atoms with Crippen molar-refractivity contribution in [3.8, 4) is 0 Å². The molecule has 1 atom stereocenters. The summed E-state index contributed by atoms with van der Waals surface area (Å²) in [7, 11) is 0. The molecule has 11 nitrogen and oxygen atoms in total. The van der Waals surface area contributed by atoms with E-state index in [1.165, 1.54) is 12.1 Å². The van der Waals surface area contributed by atoms with Crippen LogP contribution in [0.2, 0.25) is 0 Å². The molecule has 1 unspecified atom stereocenters. The number of hydrogen-bond donors (Lipinski definition) is 6. The van der Waals surface area contributed by atoms with Crippen molar-refractivity contribution in [1.82, 2.24) is 15.3 Å². The summed E-state index contributed by atoms with van der Waals surface area (Å²) >= 11 is 0. The summed E-state index contributed by atoms with van der Waals surface area (Å²) in [5.74, 6) is -2.94. The van der Waals surface area contributed by atoms with Crippen LogP contribution in [0, 0.1) is 6.92 Å². The van der Waals surface area contributed by atoms with Gasteiger partial charge in [-0.25, -0.2) is 9.78 Å². The first-order valence-electron chi connectivity index (χ1n) is 9.62. The number of nitrogens with two attached hydrogens (primary N) is 1. The highest BCUT2D eigenvalue weighted by Gasteiger charge is 2.21. The van der Waals surface area contributed by atoms with Crippen molar-refractivity contribution >= 4 is 29.5 Å². The number of benzene rings is 1. The molecule has 0 aliphatic carbocycles. The van der Waals surface area contributed by atoms with Gasteiger partial charge in [0, 0.05) is 35.5 Å². The van der Waals surface area contributed by atoms with Crippen LogP contribution in [0.15, 0.2) is 29.1 Å². The Morgan fingerprint density at radius 2 is 1.87 bits per heavy atom. The molecule has 0 spiro atoms. The standard InChI is InChI=1S/C20H25N5O6/c1-11-14(18(29)25-20(21)23-11)3-2-10-22-13-6-4-12(5-7-13)17(28)24-15(19(30)31)8-9-16(26)27/h4-7,15,22H,2-3,8-10H2,1H3,(H,24,28)(H,26,27)(H,30,31)(H3,21,23,25,29). The number of aliphatic carboxylic acids is 2. The predicted octanol–water partition coefficient (Wildman–Crippen LogP) is 0.753. The summed E-state index contributed by atoms with van der Waals surface area (Å²) in [6, 6.07) is 5.13. The number of carbonyl (C=O) groups is 3. The van der Waals surface area contributed by atoms with Gasteiger partial charge in [-0.15, -0.1) is 0 Å². The number of hydrogen-bond acceptors (Lipinski definition) is 7. The van der Waals surface area contributed by atoms with Gasteiger partial charge in [0.25, 0.3) is 11.5 Å². The molecular formula is C20H25N5O6. The molecule has 2 aromatic rings. The van der Waals surface area contributed by atoms with Gasteiger partial charge in [0.05, 0.1) is 0 Å². The van der Waals surface area contributed by atoms with Gasteiger partial charge < -0.3 is 26.6 Å². The van der Waals surface area contributed by atoms with Gasteiger partial charge in [0.2, 0.25) is 5.95 Å². The molecule has 0 saturated heterocycles. The molecule has 1 aromatic carbocycles. The van der Waals surface area contributed by atoms with Crippen molar-refractivity contribution in [3.05, 3.63) is 51.4 Å². The summed E-state index contributed by atoms with van der Waals surface area (Å²) in [6.45, 7) is 2.31. The number of amides is 1. The van der Waals surface area contributed by atoms with Crippen LogP contribution in [0.1, 0.15) is 40.9 Å². The first-order chi connectivity index (χ1) is 14.7. The Bertz CT molecular complexity index is 1000. The van der Waals surface area contributed by atoms with E-state index in [-0.39, 0.29) is 29.9 Å². The second-order valence-electron chi connectivity index (χ2n) is 6.92. The zero-order chi connectivity index (χ0) is 23.0. The number of carbonyl (C=O) groups excluding carboxylic acids is 1. The number of nitrogen functional groups attached to an aromatic ring is 1. The Kier molecular flexibility index (Phi) is 8.12. The molecular weight excluding hydrogens is 406 g/mol. The Balaban J connectivity index is 1.86. The maximum atomic E-state index is 12.2. The van der Waals surface area contributed by atoms with E-state index >= 15 is 0 Å². The van der Waals surface area contributed by atoms with Crippen molar-refractivity contribution in [2.24, 2.45) is 0 Å². The Morgan fingerprint density at radius 3 is 2.45 bits per heavy atom. The molecule has 2 rings (SSSR count). The summed E-state index contributed by atoms with van der Waals surface area (Å²) in [5, 5.41) is 23.3. The van der Waals surface area contributed by atoms with E-state index in [4.69, 9.17) is 15.9 Å². The minimum atomic E-state index is -1.29. The first kappa shape index (κ1) is 23.4. The Labute approximate surface area is 177 Å². The number of H-pyrrole nitrogens is 1. The SMILES string of the molecule is Cc1nc(N)[nH]c(=O)c1CCCNc1ccc(C(=O)NC(CCC(=O)O)C(=O)O)cc1. The van der Waals surface area contributed by atoms with Gasteiger partial charge in [0.1, 0.15) is 6.04 Å². The molecule has 0 bridgehead atoms. The predicted molar refractivity (Wildman–Crippen MR) is 113 cm³/mol. The molecule has 0 fully saturated rings. The highest BCUT2D eigenvalue weighted by Crippen LogP contribution is 2.11. The van der Waals surface area contributed by atoms with Crippen LogP contribution in [0.3, 0.4) is 0 Å². The summed E-state index contributed by atoms with van der Waals surface area (Å²) in [4.78, 5) is 52.5. The molecule has 0 aliphatic rings. The number of aromatic nitrogens is 2. The van der Waals surface area contributed by atoms with Gasteiger partial charge in [-0.1, -0.05) is 0 Å². The summed E-state index contributed by atoms with van der Waals surface area (Å²) in [5.41, 5.74) is 7.43. The minimum absolute atomic E-state index is 0.0880. The lowest BCUT2D eigenvalue weighted by molar-refractivity contribution is -0.140. The number of anilines is 2. The number of carboxylic acid groups (broad SMARTS) is 2. The molecule has 1 heterocycles. The number of carboxylic acids is 2. The second kappa shape index (κ2) is 10.8. The highest BCUT2D eigenvalue weighted by atomic mass is 16.4. The summed E-state index contributed by atoms with van der Waals surface area (Å²) < 4.78 is 0. The van der Waals surface area contributed by atoms with Crippen LogP contribution in [-0.4, -0.2) is 50.6 Å². The van der Waals surface area contributed by atoms with Crippen molar-refractivity contribution in [1.29, 1.82) is 0 Å². The van der Waals surface area contributed by atoms with Crippen LogP contribution in [0.25, 0.3) is 0 Å². The average molecular weight is 431 g/mol. The van der Waals surface area contributed by atoms with Crippen molar-refractivity contribution in [3.63, 3.8) is 0 Å². The highest BCUT2D eigenvalue weighted by molar-refractivity contribution is 5.96. The molecule has 31 heavy (non-hydrogen) atoms. The van der Waals surface area contributed by atoms with Crippen molar-refractivity contribution in [2.75, 3.05) is 17.6 Å². The van der Waals surface area contributed by atoms with E-state index in [1.807, 2.05) is 0 Å². The number of nitrogens with zero attached hydrogens (tertiary/aromatic N) is 1. The molecule has 7 N–H and O–H groups in total. The fraction of sp³-hybridized carbons (Fsp3) is 0.350. The number of aryl methyl sites for hydroxylation is 1. The lowest BCUT2D eigenvalue weighted by atomic mass is 10.1. The van der Waals surface area contributed by atoms with Crippen LogP contribution >= 0.6 is 0 Å². The Hall–Kier alpha value is -3.89. The second-order valence-corrected chi connectivity index (χ2v) is 6.92.